The molecule has 1 aromatic carbocycles. The second-order valence-electron chi connectivity index (χ2n) is 4.85. The summed E-state index contributed by atoms with van der Waals surface area (Å²) in [6.45, 7) is 3.63. The van der Waals surface area contributed by atoms with Gasteiger partial charge in [0.05, 0.1) is 11.0 Å². The van der Waals surface area contributed by atoms with Gasteiger partial charge in [-0.25, -0.2) is 4.98 Å². The van der Waals surface area contributed by atoms with Crippen molar-refractivity contribution >= 4 is 28.1 Å². The Bertz CT molecular complexity index is 873. The van der Waals surface area contributed by atoms with Crippen LogP contribution in [0.5, 0.6) is 5.75 Å². The van der Waals surface area contributed by atoms with Gasteiger partial charge in [-0.3, -0.25) is 4.40 Å². The van der Waals surface area contributed by atoms with Crippen LogP contribution < -0.4 is 0 Å². The fraction of sp³-hybridized carbons (Fsp3) is 0.200. The number of benzene rings is 1. The van der Waals surface area contributed by atoms with E-state index < -0.39 is 6.10 Å². The maximum Gasteiger partial charge on any atom is 0.195 e. The van der Waals surface area contributed by atoms with E-state index in [0.29, 0.717) is 5.69 Å². The third-order valence-electron chi connectivity index (χ3n) is 3.36. The van der Waals surface area contributed by atoms with Gasteiger partial charge in [-0.15, -0.1) is 0 Å². The molecule has 0 spiro atoms. The zero-order valence-electron chi connectivity index (χ0n) is 11.9. The van der Waals surface area contributed by atoms with E-state index in [1.165, 1.54) is 11.3 Å². The van der Waals surface area contributed by atoms with Gasteiger partial charge in [0.15, 0.2) is 4.96 Å². The molecule has 3 aromatic rings. The third-order valence-corrected chi connectivity index (χ3v) is 5.33. The van der Waals surface area contributed by atoms with Crippen molar-refractivity contribution in [2.75, 3.05) is 0 Å². The van der Waals surface area contributed by atoms with E-state index in [2.05, 4.69) is 10.4 Å². The molecule has 5 nitrogen and oxygen atoms in total. The molecule has 3 rings (SSSR count). The Balaban J connectivity index is 2.25. The van der Waals surface area contributed by atoms with Gasteiger partial charge < -0.3 is 10.2 Å². The lowest BCUT2D eigenvalue weighted by Gasteiger charge is -2.04. The molecule has 0 saturated carbocycles. The maximum absolute atomic E-state index is 9.83. The van der Waals surface area contributed by atoms with Gasteiger partial charge in [-0.05, 0) is 38.1 Å². The normalized spacial score (nSPS) is 12.5. The number of thioether (sulfide) groups is 1. The molecule has 2 N–H and O–H groups in total. The largest absolute Gasteiger partial charge is 0.508 e. The van der Waals surface area contributed by atoms with Crippen LogP contribution in [0.2, 0.25) is 0 Å². The van der Waals surface area contributed by atoms with E-state index in [4.69, 9.17) is 5.26 Å². The Hall–Kier alpha value is -2.01. The van der Waals surface area contributed by atoms with Crippen LogP contribution >= 0.6 is 23.1 Å². The lowest BCUT2D eigenvalue weighted by Crippen LogP contribution is -1.94. The predicted molar refractivity (Wildman–Crippen MR) is 87.0 cm³/mol. The number of phenolic OH excluding ortho intramolecular Hbond substituents is 1. The highest BCUT2D eigenvalue weighted by Gasteiger charge is 2.21. The minimum absolute atomic E-state index is 0.187. The molecule has 0 fully saturated rings. The van der Waals surface area contributed by atoms with Crippen molar-refractivity contribution in [3.63, 3.8) is 0 Å². The molecule has 0 bridgehead atoms. The van der Waals surface area contributed by atoms with Crippen molar-refractivity contribution in [1.82, 2.24) is 9.38 Å². The number of imidazole rings is 1. The summed E-state index contributed by atoms with van der Waals surface area (Å²) >= 11 is 2.47. The maximum atomic E-state index is 9.83. The van der Waals surface area contributed by atoms with Gasteiger partial charge >= 0.3 is 0 Å². The van der Waals surface area contributed by atoms with Crippen molar-refractivity contribution in [1.29, 1.82) is 5.26 Å². The van der Waals surface area contributed by atoms with Crippen LogP contribution in [0.15, 0.2) is 29.3 Å². The van der Waals surface area contributed by atoms with Crippen LogP contribution in [0, 0.1) is 17.6 Å². The number of thiocyanates is 1. The number of aromatic hydroxyl groups is 1. The van der Waals surface area contributed by atoms with Crippen molar-refractivity contribution in [3.05, 3.63) is 34.8 Å². The molecule has 22 heavy (non-hydrogen) atoms. The molecule has 1 unspecified atom stereocenters. The fourth-order valence-electron chi connectivity index (χ4n) is 2.36. The van der Waals surface area contributed by atoms with Crippen molar-refractivity contribution in [2.24, 2.45) is 0 Å². The molecule has 0 aliphatic rings. The SMILES string of the molecule is Cc1c(C(C)O)sc2nc(-c3ccc(O)cc3)c(SC#N)n12. The molecule has 0 amide bonds. The number of phenols is 1. The summed E-state index contributed by atoms with van der Waals surface area (Å²) in [4.78, 5) is 6.20. The van der Waals surface area contributed by atoms with E-state index in [-0.39, 0.29) is 5.75 Å². The first-order chi connectivity index (χ1) is 10.5. The van der Waals surface area contributed by atoms with E-state index >= 15 is 0 Å². The summed E-state index contributed by atoms with van der Waals surface area (Å²) in [6, 6.07) is 6.73. The number of hydrogen-bond acceptors (Lipinski definition) is 6. The average Bonchev–Trinajstić information content (AvgIpc) is 2.99. The molecule has 1 atom stereocenters. The minimum atomic E-state index is -0.566. The highest BCUT2D eigenvalue weighted by molar-refractivity contribution is 8.03. The Morgan fingerprint density at radius 1 is 1.36 bits per heavy atom. The zero-order valence-corrected chi connectivity index (χ0v) is 13.6. The number of aryl methyl sites for hydroxylation is 1. The minimum Gasteiger partial charge on any atom is -0.508 e. The number of aliphatic hydroxyl groups is 1. The first kappa shape index (κ1) is 14.9. The van der Waals surface area contributed by atoms with Crippen molar-refractivity contribution < 1.29 is 10.2 Å². The molecule has 0 aliphatic heterocycles. The van der Waals surface area contributed by atoms with Crippen LogP contribution in [-0.2, 0) is 0 Å². The smallest absolute Gasteiger partial charge is 0.195 e. The Morgan fingerprint density at radius 2 is 2.05 bits per heavy atom. The molecule has 0 radical (unpaired) electrons. The number of fused-ring (bicyclic) bond motifs is 1. The molecule has 2 aromatic heterocycles. The highest BCUT2D eigenvalue weighted by atomic mass is 32.2. The van der Waals surface area contributed by atoms with E-state index in [1.807, 2.05) is 11.3 Å². The molecule has 112 valence electrons. The number of thiazole rings is 1. The van der Waals surface area contributed by atoms with Gasteiger partial charge in [0.2, 0.25) is 0 Å². The Labute approximate surface area is 135 Å². The Morgan fingerprint density at radius 3 is 2.64 bits per heavy atom. The molecule has 0 saturated heterocycles. The van der Waals surface area contributed by atoms with Crippen LogP contribution in [-0.4, -0.2) is 19.6 Å². The fourth-order valence-corrected chi connectivity index (χ4v) is 4.15. The highest BCUT2D eigenvalue weighted by Crippen LogP contribution is 2.38. The average molecular weight is 331 g/mol. The number of nitriles is 1. The lowest BCUT2D eigenvalue weighted by molar-refractivity contribution is 0.202. The quantitative estimate of drug-likeness (QED) is 0.565. The summed E-state index contributed by atoms with van der Waals surface area (Å²) in [5, 5.41) is 31.2. The molecular weight excluding hydrogens is 318 g/mol. The second-order valence-corrected chi connectivity index (χ2v) is 6.63. The first-order valence-electron chi connectivity index (χ1n) is 6.58. The Kier molecular flexibility index (Phi) is 3.83. The summed E-state index contributed by atoms with van der Waals surface area (Å²) in [5.74, 6) is 0.187. The number of aliphatic hydroxyl groups excluding tert-OH is 1. The van der Waals surface area contributed by atoms with Crippen LogP contribution in [0.4, 0.5) is 0 Å². The first-order valence-corrected chi connectivity index (χ1v) is 8.21. The van der Waals surface area contributed by atoms with Gasteiger partial charge in [-0.2, -0.15) is 5.26 Å². The topological polar surface area (TPSA) is 81.6 Å². The standard InChI is InChI=1S/C15H13N3O2S2/c1-8-13(9(2)19)22-15-17-12(14(18(8)15)21-7-16)10-3-5-11(20)6-4-10/h3-6,9,19-20H,1-2H3. The van der Waals surface area contributed by atoms with Gasteiger partial charge in [-0.1, -0.05) is 11.3 Å². The summed E-state index contributed by atoms with van der Waals surface area (Å²) < 4.78 is 1.91. The van der Waals surface area contributed by atoms with Gasteiger partial charge in [0, 0.05) is 23.0 Å². The van der Waals surface area contributed by atoms with Crippen molar-refractivity contribution in [2.45, 2.75) is 25.0 Å². The second kappa shape index (κ2) is 5.65. The lowest BCUT2D eigenvalue weighted by atomic mass is 10.1. The monoisotopic (exact) mass is 331 g/mol. The number of nitrogens with zero attached hydrogens (tertiary/aromatic N) is 3. The molecule has 0 aliphatic carbocycles. The summed E-state index contributed by atoms with van der Waals surface area (Å²) in [5.41, 5.74) is 2.44. The number of rotatable bonds is 3. The summed E-state index contributed by atoms with van der Waals surface area (Å²) in [6.07, 6.45) is -0.566. The molecule has 7 heteroatoms. The van der Waals surface area contributed by atoms with Crippen LogP contribution in [0.3, 0.4) is 0 Å². The van der Waals surface area contributed by atoms with Crippen LogP contribution in [0.25, 0.3) is 16.2 Å². The van der Waals surface area contributed by atoms with E-state index in [9.17, 15) is 10.2 Å². The van der Waals surface area contributed by atoms with Crippen molar-refractivity contribution in [3.8, 4) is 22.4 Å². The third kappa shape index (κ3) is 2.35. The number of aromatic nitrogens is 2. The molecular formula is C15H13N3O2S2. The van der Waals surface area contributed by atoms with E-state index in [1.54, 1.807) is 31.2 Å². The van der Waals surface area contributed by atoms with Gasteiger partial charge in [0.25, 0.3) is 0 Å². The van der Waals surface area contributed by atoms with Gasteiger partial charge in [0.1, 0.15) is 21.9 Å². The van der Waals surface area contributed by atoms with E-state index in [0.717, 1.165) is 37.9 Å². The van der Waals surface area contributed by atoms with Crippen LogP contribution in [0.1, 0.15) is 23.6 Å². The number of hydrogen-bond donors (Lipinski definition) is 2. The summed E-state index contributed by atoms with van der Waals surface area (Å²) in [7, 11) is 0. The predicted octanol–water partition coefficient (Wildman–Crippen LogP) is 3.70. The molecule has 2 heterocycles. The zero-order chi connectivity index (χ0) is 15.9.